The van der Waals surface area contributed by atoms with Gasteiger partial charge in [0.05, 0.1) is 6.10 Å². The number of nitrogens with two attached hydrogens (primary N) is 1. The molecule has 0 aromatic carbocycles. The lowest BCUT2D eigenvalue weighted by atomic mass is 10.4. The van der Waals surface area contributed by atoms with Gasteiger partial charge in [0.2, 0.25) is 0 Å². The summed E-state index contributed by atoms with van der Waals surface area (Å²) in [6, 6.07) is 1.66. The highest BCUT2D eigenvalue weighted by molar-refractivity contribution is 5.25. The van der Waals surface area contributed by atoms with Gasteiger partial charge in [0.15, 0.2) is 11.6 Å². The van der Waals surface area contributed by atoms with E-state index in [1.54, 1.807) is 6.07 Å². The van der Waals surface area contributed by atoms with Gasteiger partial charge in [0.1, 0.15) is 6.61 Å². The van der Waals surface area contributed by atoms with Crippen LogP contribution in [0.1, 0.15) is 19.6 Å². The zero-order chi connectivity index (χ0) is 8.27. The third-order valence-corrected chi connectivity index (χ3v) is 1.14. The summed E-state index contributed by atoms with van der Waals surface area (Å²) in [5.41, 5.74) is 5.32. The molecule has 1 rings (SSSR count). The van der Waals surface area contributed by atoms with Crippen molar-refractivity contribution in [1.29, 1.82) is 0 Å². The van der Waals surface area contributed by atoms with Crippen LogP contribution >= 0.6 is 0 Å². The number of aromatic nitrogens is 1. The molecule has 0 aliphatic heterocycles. The van der Waals surface area contributed by atoms with Gasteiger partial charge >= 0.3 is 0 Å². The summed E-state index contributed by atoms with van der Waals surface area (Å²) in [4.78, 5) is 0. The average molecular weight is 156 g/mol. The minimum Gasteiger partial charge on any atom is -0.381 e. The molecule has 0 spiro atoms. The van der Waals surface area contributed by atoms with E-state index in [1.807, 2.05) is 13.8 Å². The van der Waals surface area contributed by atoms with E-state index in [0.717, 1.165) is 0 Å². The molecular weight excluding hydrogens is 144 g/mol. The smallest absolute Gasteiger partial charge is 0.167 e. The van der Waals surface area contributed by atoms with Gasteiger partial charge in [-0.05, 0) is 13.8 Å². The van der Waals surface area contributed by atoms with Gasteiger partial charge in [-0.25, -0.2) is 0 Å². The van der Waals surface area contributed by atoms with Crippen LogP contribution in [0.2, 0.25) is 0 Å². The van der Waals surface area contributed by atoms with E-state index >= 15 is 0 Å². The fraction of sp³-hybridized carbons (Fsp3) is 0.571. The average Bonchev–Trinajstić information content (AvgIpc) is 2.31. The van der Waals surface area contributed by atoms with Crippen molar-refractivity contribution in [3.63, 3.8) is 0 Å². The highest BCUT2D eigenvalue weighted by Crippen LogP contribution is 2.06. The predicted octanol–water partition coefficient (Wildman–Crippen LogP) is 1.18. The minimum absolute atomic E-state index is 0.196. The van der Waals surface area contributed by atoms with E-state index in [4.69, 9.17) is 15.0 Å². The van der Waals surface area contributed by atoms with Gasteiger partial charge in [0, 0.05) is 6.07 Å². The predicted molar refractivity (Wildman–Crippen MR) is 40.8 cm³/mol. The Bertz CT molecular complexity index is 220. The SMILES string of the molecule is CC(C)OCc1cc(N)no1. The van der Waals surface area contributed by atoms with Crippen molar-refractivity contribution in [3.8, 4) is 0 Å². The van der Waals surface area contributed by atoms with Crippen LogP contribution in [0.25, 0.3) is 0 Å². The molecule has 1 aromatic rings. The molecule has 0 radical (unpaired) electrons. The Morgan fingerprint density at radius 1 is 1.73 bits per heavy atom. The van der Waals surface area contributed by atoms with E-state index in [1.165, 1.54) is 0 Å². The van der Waals surface area contributed by atoms with Crippen LogP contribution in [-0.2, 0) is 11.3 Å². The highest BCUT2D eigenvalue weighted by atomic mass is 16.5. The molecule has 0 atom stereocenters. The van der Waals surface area contributed by atoms with Gasteiger partial charge in [-0.15, -0.1) is 0 Å². The Balaban J connectivity index is 2.39. The van der Waals surface area contributed by atoms with Crippen LogP contribution in [0, 0.1) is 0 Å². The van der Waals surface area contributed by atoms with Gasteiger partial charge in [0.25, 0.3) is 0 Å². The molecule has 4 nitrogen and oxygen atoms in total. The van der Waals surface area contributed by atoms with Crippen LogP contribution in [0.3, 0.4) is 0 Å². The molecule has 0 aliphatic rings. The highest BCUT2D eigenvalue weighted by Gasteiger charge is 2.01. The molecule has 0 fully saturated rings. The first-order valence-corrected chi connectivity index (χ1v) is 3.51. The quantitative estimate of drug-likeness (QED) is 0.713. The lowest BCUT2D eigenvalue weighted by Crippen LogP contribution is -2.01. The topological polar surface area (TPSA) is 61.3 Å². The van der Waals surface area contributed by atoms with E-state index in [2.05, 4.69) is 5.16 Å². The molecule has 11 heavy (non-hydrogen) atoms. The standard InChI is InChI=1S/C7H12N2O2/c1-5(2)10-4-6-3-7(8)9-11-6/h3,5H,4H2,1-2H3,(H2,8,9). The molecule has 1 aromatic heterocycles. The summed E-state index contributed by atoms with van der Waals surface area (Å²) in [6.07, 6.45) is 0.196. The van der Waals surface area contributed by atoms with Crippen LogP contribution in [0.15, 0.2) is 10.6 Å². The fourth-order valence-corrected chi connectivity index (χ4v) is 0.646. The molecular formula is C7H12N2O2. The lowest BCUT2D eigenvalue weighted by molar-refractivity contribution is 0.0513. The number of hydrogen-bond acceptors (Lipinski definition) is 4. The number of hydrogen-bond donors (Lipinski definition) is 1. The zero-order valence-corrected chi connectivity index (χ0v) is 6.70. The zero-order valence-electron chi connectivity index (χ0n) is 6.70. The summed E-state index contributed by atoms with van der Waals surface area (Å²) in [5, 5.41) is 3.52. The van der Waals surface area contributed by atoms with Gasteiger partial charge in [-0.2, -0.15) is 0 Å². The molecule has 0 saturated carbocycles. The van der Waals surface area contributed by atoms with Crippen molar-refractivity contribution in [2.45, 2.75) is 26.6 Å². The first-order chi connectivity index (χ1) is 5.18. The van der Waals surface area contributed by atoms with Gasteiger partial charge in [-0.1, -0.05) is 5.16 Å². The van der Waals surface area contributed by atoms with E-state index in [9.17, 15) is 0 Å². The second kappa shape index (κ2) is 3.39. The number of nitrogen functional groups attached to an aromatic ring is 1. The van der Waals surface area contributed by atoms with Crippen LogP contribution in [0.4, 0.5) is 5.82 Å². The Morgan fingerprint density at radius 2 is 2.45 bits per heavy atom. The second-order valence-corrected chi connectivity index (χ2v) is 2.58. The lowest BCUT2D eigenvalue weighted by Gasteiger charge is -2.02. The number of ether oxygens (including phenoxy) is 1. The van der Waals surface area contributed by atoms with Crippen molar-refractivity contribution < 1.29 is 9.26 Å². The molecule has 0 saturated heterocycles. The van der Waals surface area contributed by atoms with Crippen molar-refractivity contribution in [3.05, 3.63) is 11.8 Å². The Hall–Kier alpha value is -1.03. The number of nitrogens with zero attached hydrogens (tertiary/aromatic N) is 1. The van der Waals surface area contributed by atoms with Gasteiger partial charge in [-0.3, -0.25) is 0 Å². The maximum absolute atomic E-state index is 5.32. The maximum Gasteiger partial charge on any atom is 0.167 e. The first kappa shape index (κ1) is 8.07. The molecule has 2 N–H and O–H groups in total. The summed E-state index contributed by atoms with van der Waals surface area (Å²) in [6.45, 7) is 4.35. The van der Waals surface area contributed by atoms with E-state index in [-0.39, 0.29) is 6.10 Å². The summed E-state index contributed by atoms with van der Waals surface area (Å²) in [7, 11) is 0. The molecule has 0 unspecified atom stereocenters. The first-order valence-electron chi connectivity index (χ1n) is 3.51. The Kier molecular flexibility index (Phi) is 2.48. The second-order valence-electron chi connectivity index (χ2n) is 2.58. The third kappa shape index (κ3) is 2.59. The minimum atomic E-state index is 0.196. The summed E-state index contributed by atoms with van der Waals surface area (Å²) < 4.78 is 10.1. The van der Waals surface area contributed by atoms with E-state index < -0.39 is 0 Å². The fourth-order valence-electron chi connectivity index (χ4n) is 0.646. The van der Waals surface area contributed by atoms with Crippen LogP contribution in [-0.4, -0.2) is 11.3 Å². The molecule has 4 heteroatoms. The van der Waals surface area contributed by atoms with Crippen LogP contribution in [0.5, 0.6) is 0 Å². The third-order valence-electron chi connectivity index (χ3n) is 1.14. The van der Waals surface area contributed by atoms with Crippen molar-refractivity contribution in [1.82, 2.24) is 5.16 Å². The molecule has 0 bridgehead atoms. The summed E-state index contributed by atoms with van der Waals surface area (Å²) in [5.74, 6) is 1.06. The van der Waals surface area contributed by atoms with Crippen LogP contribution < -0.4 is 5.73 Å². The summed E-state index contributed by atoms with van der Waals surface area (Å²) >= 11 is 0. The molecule has 0 aliphatic carbocycles. The van der Waals surface area contributed by atoms with Crippen molar-refractivity contribution in [2.75, 3.05) is 5.73 Å². The Labute approximate surface area is 65.3 Å². The van der Waals surface area contributed by atoms with Crippen molar-refractivity contribution in [2.24, 2.45) is 0 Å². The molecule has 62 valence electrons. The maximum atomic E-state index is 5.32. The van der Waals surface area contributed by atoms with Crippen molar-refractivity contribution >= 4 is 5.82 Å². The number of anilines is 1. The largest absolute Gasteiger partial charge is 0.381 e. The molecule has 1 heterocycles. The van der Waals surface area contributed by atoms with Gasteiger partial charge < -0.3 is 15.0 Å². The number of rotatable bonds is 3. The normalized spacial score (nSPS) is 10.8. The Morgan fingerprint density at radius 3 is 2.91 bits per heavy atom. The monoisotopic (exact) mass is 156 g/mol. The van der Waals surface area contributed by atoms with E-state index in [0.29, 0.717) is 18.2 Å². The molecule has 0 amide bonds.